The van der Waals surface area contributed by atoms with E-state index in [2.05, 4.69) is 36.5 Å². The van der Waals surface area contributed by atoms with E-state index in [4.69, 9.17) is 0 Å². The average Bonchev–Trinajstić information content (AvgIpc) is 2.68. The number of rotatable bonds is 4. The molecule has 2 fully saturated rings. The standard InChI is InChI=1S/C21H31N3O2.ClH/c1-4-16-7-9-17(10-8-16)21(2,3)20(26)23-12-5-6-18(15-23)24-13-11-22-14-19(24)25;/h7-10,18,22H,4-6,11-15H2,1-3H3;1H. The number of amides is 2. The number of aryl methyl sites for hydroxylation is 1. The molecule has 2 saturated heterocycles. The summed E-state index contributed by atoms with van der Waals surface area (Å²) in [5.41, 5.74) is 1.79. The topological polar surface area (TPSA) is 52.7 Å². The fourth-order valence-electron chi connectivity index (χ4n) is 4.08. The van der Waals surface area contributed by atoms with Crippen LogP contribution in [0.25, 0.3) is 0 Å². The Morgan fingerprint density at radius 3 is 2.56 bits per heavy atom. The van der Waals surface area contributed by atoms with Crippen molar-refractivity contribution in [1.29, 1.82) is 0 Å². The molecule has 150 valence electrons. The van der Waals surface area contributed by atoms with Crippen LogP contribution in [0.2, 0.25) is 0 Å². The van der Waals surface area contributed by atoms with E-state index in [0.717, 1.165) is 44.5 Å². The average molecular weight is 394 g/mol. The van der Waals surface area contributed by atoms with Gasteiger partial charge in [0.05, 0.1) is 12.0 Å². The van der Waals surface area contributed by atoms with Crippen LogP contribution < -0.4 is 5.32 Å². The normalized spacial score (nSPS) is 21.0. The van der Waals surface area contributed by atoms with Crippen molar-refractivity contribution >= 4 is 24.2 Å². The van der Waals surface area contributed by atoms with Gasteiger partial charge in [0.2, 0.25) is 11.8 Å². The molecule has 0 aliphatic carbocycles. The number of nitrogens with zero attached hydrogens (tertiary/aromatic N) is 2. The van der Waals surface area contributed by atoms with Gasteiger partial charge >= 0.3 is 0 Å². The zero-order valence-corrected chi connectivity index (χ0v) is 17.5. The molecule has 2 aliphatic heterocycles. The van der Waals surface area contributed by atoms with Crippen LogP contribution in [0, 0.1) is 0 Å². The molecule has 0 aromatic heterocycles. The van der Waals surface area contributed by atoms with Gasteiger partial charge in [0.1, 0.15) is 0 Å². The van der Waals surface area contributed by atoms with E-state index in [-0.39, 0.29) is 30.3 Å². The van der Waals surface area contributed by atoms with Crippen molar-refractivity contribution in [3.8, 4) is 0 Å². The Labute approximate surface area is 168 Å². The highest BCUT2D eigenvalue weighted by molar-refractivity contribution is 5.87. The van der Waals surface area contributed by atoms with Gasteiger partial charge in [-0.3, -0.25) is 9.59 Å². The zero-order chi connectivity index (χ0) is 18.7. The Balaban J connectivity index is 0.00000261. The molecule has 1 unspecified atom stereocenters. The van der Waals surface area contributed by atoms with E-state index < -0.39 is 5.41 Å². The summed E-state index contributed by atoms with van der Waals surface area (Å²) < 4.78 is 0. The molecule has 2 aliphatic rings. The smallest absolute Gasteiger partial charge is 0.236 e. The van der Waals surface area contributed by atoms with Gasteiger partial charge in [-0.1, -0.05) is 31.2 Å². The molecule has 2 amide bonds. The van der Waals surface area contributed by atoms with E-state index in [1.54, 1.807) is 0 Å². The molecular formula is C21H32ClN3O2. The maximum atomic E-state index is 13.3. The number of hydrogen-bond donors (Lipinski definition) is 1. The molecule has 0 radical (unpaired) electrons. The maximum absolute atomic E-state index is 13.3. The van der Waals surface area contributed by atoms with Crippen LogP contribution in [-0.2, 0) is 21.4 Å². The molecule has 2 heterocycles. The maximum Gasteiger partial charge on any atom is 0.236 e. The van der Waals surface area contributed by atoms with Gasteiger partial charge in [-0.05, 0) is 44.2 Å². The summed E-state index contributed by atoms with van der Waals surface area (Å²) in [5, 5.41) is 3.12. The minimum atomic E-state index is -0.554. The van der Waals surface area contributed by atoms with Crippen molar-refractivity contribution in [3.63, 3.8) is 0 Å². The quantitative estimate of drug-likeness (QED) is 0.854. The van der Waals surface area contributed by atoms with Crippen molar-refractivity contribution in [3.05, 3.63) is 35.4 Å². The lowest BCUT2D eigenvalue weighted by atomic mass is 9.82. The number of carbonyl (C=O) groups excluding carboxylic acids is 2. The summed E-state index contributed by atoms with van der Waals surface area (Å²) in [7, 11) is 0. The zero-order valence-electron chi connectivity index (χ0n) is 16.7. The molecule has 27 heavy (non-hydrogen) atoms. The number of nitrogens with one attached hydrogen (secondary N) is 1. The van der Waals surface area contributed by atoms with E-state index in [0.29, 0.717) is 13.1 Å². The monoisotopic (exact) mass is 393 g/mol. The van der Waals surface area contributed by atoms with Gasteiger partial charge in [0.25, 0.3) is 0 Å². The van der Waals surface area contributed by atoms with Crippen molar-refractivity contribution in [2.45, 2.75) is 51.5 Å². The fraction of sp³-hybridized carbons (Fsp3) is 0.619. The minimum absolute atomic E-state index is 0. The summed E-state index contributed by atoms with van der Waals surface area (Å²) in [6.45, 7) is 9.59. The van der Waals surface area contributed by atoms with Crippen LogP contribution in [0.4, 0.5) is 0 Å². The van der Waals surface area contributed by atoms with E-state index in [1.807, 2.05) is 23.6 Å². The van der Waals surface area contributed by atoms with Crippen LogP contribution >= 0.6 is 12.4 Å². The second-order valence-corrected chi connectivity index (χ2v) is 7.99. The number of piperidine rings is 1. The van der Waals surface area contributed by atoms with E-state index >= 15 is 0 Å². The highest BCUT2D eigenvalue weighted by atomic mass is 35.5. The first kappa shape index (κ1) is 21.7. The third kappa shape index (κ3) is 4.64. The van der Waals surface area contributed by atoms with Crippen LogP contribution in [0.1, 0.15) is 44.7 Å². The second kappa shape index (κ2) is 9.07. The highest BCUT2D eigenvalue weighted by Crippen LogP contribution is 2.28. The molecule has 1 N–H and O–H groups in total. The molecule has 0 saturated carbocycles. The predicted octanol–water partition coefficient (Wildman–Crippen LogP) is 2.37. The molecule has 6 heteroatoms. The minimum Gasteiger partial charge on any atom is -0.340 e. The van der Waals surface area contributed by atoms with Gasteiger partial charge in [-0.15, -0.1) is 12.4 Å². The Kier molecular flexibility index (Phi) is 7.29. The van der Waals surface area contributed by atoms with Crippen molar-refractivity contribution in [2.75, 3.05) is 32.7 Å². The van der Waals surface area contributed by atoms with Gasteiger partial charge in [0, 0.05) is 32.2 Å². The Bertz CT molecular complexity index is 660. The highest BCUT2D eigenvalue weighted by Gasteiger charge is 2.38. The number of piperazine rings is 1. The van der Waals surface area contributed by atoms with Crippen molar-refractivity contribution in [2.24, 2.45) is 0 Å². The number of likely N-dealkylation sites (tertiary alicyclic amines) is 1. The van der Waals surface area contributed by atoms with Crippen LogP contribution in [0.3, 0.4) is 0 Å². The Morgan fingerprint density at radius 2 is 1.93 bits per heavy atom. The number of halogens is 1. The molecule has 1 atom stereocenters. The summed E-state index contributed by atoms with van der Waals surface area (Å²) in [4.78, 5) is 29.4. The number of benzene rings is 1. The molecule has 1 aromatic rings. The summed E-state index contributed by atoms with van der Waals surface area (Å²) in [6.07, 6.45) is 2.95. The fourth-order valence-corrected chi connectivity index (χ4v) is 4.08. The Morgan fingerprint density at radius 1 is 1.22 bits per heavy atom. The Hall–Kier alpha value is -1.59. The van der Waals surface area contributed by atoms with Crippen LogP contribution in [0.5, 0.6) is 0 Å². The third-order valence-corrected chi connectivity index (χ3v) is 5.87. The molecule has 1 aromatic carbocycles. The first-order valence-corrected chi connectivity index (χ1v) is 9.82. The van der Waals surface area contributed by atoms with Gasteiger partial charge in [-0.25, -0.2) is 0 Å². The van der Waals surface area contributed by atoms with E-state index in [9.17, 15) is 9.59 Å². The van der Waals surface area contributed by atoms with Crippen LogP contribution in [-0.4, -0.2) is 60.4 Å². The lowest BCUT2D eigenvalue weighted by Gasteiger charge is -2.43. The third-order valence-electron chi connectivity index (χ3n) is 5.87. The molecule has 5 nitrogen and oxygen atoms in total. The lowest BCUT2D eigenvalue weighted by Crippen LogP contribution is -2.58. The lowest BCUT2D eigenvalue weighted by molar-refractivity contribution is -0.143. The van der Waals surface area contributed by atoms with Gasteiger partial charge in [0.15, 0.2) is 0 Å². The molecule has 0 spiro atoms. The predicted molar refractivity (Wildman–Crippen MR) is 110 cm³/mol. The first-order valence-electron chi connectivity index (χ1n) is 9.82. The molecule has 3 rings (SSSR count). The van der Waals surface area contributed by atoms with Crippen LogP contribution in [0.15, 0.2) is 24.3 Å². The van der Waals surface area contributed by atoms with Gasteiger partial charge < -0.3 is 15.1 Å². The second-order valence-electron chi connectivity index (χ2n) is 7.99. The number of carbonyl (C=O) groups is 2. The SMILES string of the molecule is CCc1ccc(C(C)(C)C(=O)N2CCCC(N3CCNCC3=O)C2)cc1.Cl. The van der Waals surface area contributed by atoms with Crippen molar-refractivity contribution < 1.29 is 9.59 Å². The first-order chi connectivity index (χ1) is 12.4. The molecule has 0 bridgehead atoms. The van der Waals surface area contributed by atoms with E-state index in [1.165, 1.54) is 5.56 Å². The summed E-state index contributed by atoms with van der Waals surface area (Å²) in [5.74, 6) is 0.319. The number of hydrogen-bond acceptors (Lipinski definition) is 3. The van der Waals surface area contributed by atoms with Gasteiger partial charge in [-0.2, -0.15) is 0 Å². The largest absolute Gasteiger partial charge is 0.340 e. The summed E-state index contributed by atoms with van der Waals surface area (Å²) >= 11 is 0. The summed E-state index contributed by atoms with van der Waals surface area (Å²) in [6, 6.07) is 8.54. The van der Waals surface area contributed by atoms with Crippen molar-refractivity contribution in [1.82, 2.24) is 15.1 Å². The molecular weight excluding hydrogens is 362 g/mol.